The van der Waals surface area contributed by atoms with Gasteiger partial charge >= 0.3 is 11.9 Å². The Morgan fingerprint density at radius 3 is 2.46 bits per heavy atom. The monoisotopic (exact) mass is 478 g/mol. The molecule has 2 aromatic carbocycles. The molecule has 2 atom stereocenters. The zero-order valence-corrected chi connectivity index (χ0v) is 20.1. The summed E-state index contributed by atoms with van der Waals surface area (Å²) >= 11 is 0. The van der Waals surface area contributed by atoms with Crippen molar-refractivity contribution in [2.75, 3.05) is 31.8 Å². The molecule has 1 saturated heterocycles. The molecule has 0 saturated carbocycles. The summed E-state index contributed by atoms with van der Waals surface area (Å²) in [5.41, 5.74) is 1.33. The normalized spacial score (nSPS) is 22.3. The van der Waals surface area contributed by atoms with E-state index in [1.807, 2.05) is 54.6 Å². The molecule has 0 aliphatic carbocycles. The molecule has 184 valence electrons. The van der Waals surface area contributed by atoms with Gasteiger partial charge in [-0.15, -0.1) is 0 Å². The molecule has 0 aromatic heterocycles. The summed E-state index contributed by atoms with van der Waals surface area (Å²) in [6.07, 6.45) is -0.0435. The topological polar surface area (TPSA) is 98.1 Å². The van der Waals surface area contributed by atoms with E-state index in [0.29, 0.717) is 19.8 Å². The van der Waals surface area contributed by atoms with Gasteiger partial charge in [-0.1, -0.05) is 48.5 Å². The summed E-state index contributed by atoms with van der Waals surface area (Å²) in [4.78, 5) is 28.1. The first kappa shape index (κ1) is 24.7. The average Bonchev–Trinajstić information content (AvgIpc) is 3.42. The standard InChI is InChI=1S/C27H30N2O6/c1-3-33-25(31)27(13-14-28)21-11-7-8-12-22(21)29(19-20-9-5-4-6-10-20)23(27)17-26(18-24(30)32-2)34-15-16-35-26/h4-12,23H,3,13,15-19H2,1-2H3/t23-,27+/m1/s1. The number of para-hydroxylation sites is 1. The number of fused-ring (bicyclic) bond motifs is 1. The molecular formula is C27H30N2O6. The van der Waals surface area contributed by atoms with Crippen molar-refractivity contribution in [1.29, 1.82) is 5.26 Å². The first-order valence-electron chi connectivity index (χ1n) is 11.8. The fourth-order valence-corrected chi connectivity index (χ4v) is 5.27. The number of methoxy groups -OCH3 is 1. The lowest BCUT2D eigenvalue weighted by atomic mass is 9.71. The molecule has 2 aromatic rings. The van der Waals surface area contributed by atoms with Gasteiger partial charge in [-0.05, 0) is 24.1 Å². The van der Waals surface area contributed by atoms with Crippen molar-refractivity contribution in [2.24, 2.45) is 0 Å². The molecule has 0 spiro atoms. The van der Waals surface area contributed by atoms with Crippen LogP contribution in [-0.2, 0) is 40.5 Å². The molecule has 2 aliphatic heterocycles. The minimum absolute atomic E-state index is 0.0902. The van der Waals surface area contributed by atoms with Crippen LogP contribution < -0.4 is 4.90 Å². The summed E-state index contributed by atoms with van der Waals surface area (Å²) < 4.78 is 22.5. The van der Waals surface area contributed by atoms with Crippen LogP contribution in [0, 0.1) is 11.3 Å². The van der Waals surface area contributed by atoms with Gasteiger partial charge < -0.3 is 23.8 Å². The van der Waals surface area contributed by atoms with Crippen molar-refractivity contribution in [1.82, 2.24) is 0 Å². The Kier molecular flexibility index (Phi) is 7.39. The molecule has 2 aliphatic rings. The Labute approximate surface area is 205 Å². The number of anilines is 1. The van der Waals surface area contributed by atoms with Gasteiger partial charge in [-0.2, -0.15) is 5.26 Å². The SMILES string of the molecule is CCOC(=O)[C@@]1(CC#N)c2ccccc2N(Cc2ccccc2)[C@@H]1CC1(CC(=O)OC)OCCO1. The molecule has 0 bridgehead atoms. The summed E-state index contributed by atoms with van der Waals surface area (Å²) in [6.45, 7) is 3.06. The Morgan fingerprint density at radius 2 is 1.80 bits per heavy atom. The minimum atomic E-state index is -1.28. The highest BCUT2D eigenvalue weighted by Crippen LogP contribution is 2.52. The predicted molar refractivity (Wildman–Crippen MR) is 127 cm³/mol. The average molecular weight is 479 g/mol. The molecular weight excluding hydrogens is 448 g/mol. The van der Waals surface area contributed by atoms with Crippen LogP contribution in [0.5, 0.6) is 0 Å². The number of benzene rings is 2. The third-order valence-electron chi connectivity index (χ3n) is 6.79. The fraction of sp³-hybridized carbons (Fsp3) is 0.444. The van der Waals surface area contributed by atoms with Crippen molar-refractivity contribution in [3.63, 3.8) is 0 Å². The summed E-state index contributed by atoms with van der Waals surface area (Å²) in [5, 5.41) is 9.92. The molecule has 8 nitrogen and oxygen atoms in total. The first-order chi connectivity index (χ1) is 17.0. The van der Waals surface area contributed by atoms with Crippen LogP contribution in [0.15, 0.2) is 54.6 Å². The molecule has 1 fully saturated rings. The van der Waals surface area contributed by atoms with Crippen molar-refractivity contribution in [3.8, 4) is 6.07 Å². The van der Waals surface area contributed by atoms with E-state index >= 15 is 0 Å². The van der Waals surface area contributed by atoms with Gasteiger partial charge in [0.05, 0.1) is 51.9 Å². The molecule has 0 unspecified atom stereocenters. The van der Waals surface area contributed by atoms with Gasteiger partial charge in [0.15, 0.2) is 5.79 Å². The number of ether oxygens (including phenoxy) is 4. The highest BCUT2D eigenvalue weighted by Gasteiger charge is 2.60. The zero-order valence-electron chi connectivity index (χ0n) is 20.1. The van der Waals surface area contributed by atoms with Crippen molar-refractivity contribution < 1.29 is 28.5 Å². The van der Waals surface area contributed by atoms with E-state index in [9.17, 15) is 14.9 Å². The number of rotatable bonds is 9. The van der Waals surface area contributed by atoms with Crippen LogP contribution >= 0.6 is 0 Å². The lowest BCUT2D eigenvalue weighted by Gasteiger charge is -2.40. The number of hydrogen-bond acceptors (Lipinski definition) is 8. The van der Waals surface area contributed by atoms with E-state index in [-0.39, 0.29) is 25.9 Å². The van der Waals surface area contributed by atoms with E-state index in [1.54, 1.807) is 6.92 Å². The Morgan fingerprint density at radius 1 is 1.11 bits per heavy atom. The van der Waals surface area contributed by atoms with Gasteiger partial charge in [0.2, 0.25) is 0 Å². The lowest BCUT2D eigenvalue weighted by Crippen LogP contribution is -2.54. The van der Waals surface area contributed by atoms with Crippen LogP contribution in [0.4, 0.5) is 5.69 Å². The van der Waals surface area contributed by atoms with Crippen molar-refractivity contribution in [2.45, 2.75) is 50.0 Å². The smallest absolute Gasteiger partial charge is 0.319 e. The van der Waals surface area contributed by atoms with E-state index in [0.717, 1.165) is 16.8 Å². The highest BCUT2D eigenvalue weighted by molar-refractivity contribution is 5.91. The van der Waals surface area contributed by atoms with Crippen LogP contribution in [0.25, 0.3) is 0 Å². The lowest BCUT2D eigenvalue weighted by molar-refractivity contribution is -0.188. The van der Waals surface area contributed by atoms with Crippen molar-refractivity contribution >= 4 is 17.6 Å². The first-order valence-corrected chi connectivity index (χ1v) is 11.8. The third-order valence-corrected chi connectivity index (χ3v) is 6.79. The number of esters is 2. The van der Waals surface area contributed by atoms with Gasteiger partial charge in [-0.25, -0.2) is 0 Å². The number of nitrogens with zero attached hydrogens (tertiary/aromatic N) is 2. The summed E-state index contributed by atoms with van der Waals surface area (Å²) in [7, 11) is 1.32. The maximum absolute atomic E-state index is 13.7. The van der Waals surface area contributed by atoms with Gasteiger partial charge in [0, 0.05) is 18.7 Å². The highest BCUT2D eigenvalue weighted by atomic mass is 16.7. The van der Waals surface area contributed by atoms with Gasteiger partial charge in [0.25, 0.3) is 0 Å². The molecule has 8 heteroatoms. The molecule has 0 N–H and O–H groups in total. The van der Waals surface area contributed by atoms with Gasteiger partial charge in [0.1, 0.15) is 5.41 Å². The molecule has 0 amide bonds. The van der Waals surface area contributed by atoms with E-state index < -0.39 is 29.2 Å². The Hall–Kier alpha value is -3.41. The van der Waals surface area contributed by atoms with Crippen LogP contribution in [-0.4, -0.2) is 50.7 Å². The second-order valence-electron chi connectivity index (χ2n) is 8.74. The van der Waals surface area contributed by atoms with E-state index in [4.69, 9.17) is 18.9 Å². The second kappa shape index (κ2) is 10.5. The van der Waals surface area contributed by atoms with Crippen LogP contribution in [0.1, 0.15) is 37.3 Å². The Bertz CT molecular complexity index is 1090. The maximum Gasteiger partial charge on any atom is 0.319 e. The van der Waals surface area contributed by atoms with Crippen molar-refractivity contribution in [3.05, 3.63) is 65.7 Å². The largest absolute Gasteiger partial charge is 0.469 e. The number of nitriles is 1. The molecule has 2 heterocycles. The van der Waals surface area contributed by atoms with E-state index in [1.165, 1.54) is 7.11 Å². The fourth-order valence-electron chi connectivity index (χ4n) is 5.27. The van der Waals surface area contributed by atoms with Crippen LogP contribution in [0.3, 0.4) is 0 Å². The summed E-state index contributed by atoms with van der Waals surface area (Å²) in [5.74, 6) is -2.22. The number of carbonyl (C=O) groups is 2. The zero-order chi connectivity index (χ0) is 24.9. The molecule has 4 rings (SSSR count). The van der Waals surface area contributed by atoms with Gasteiger partial charge in [-0.3, -0.25) is 9.59 Å². The molecule has 35 heavy (non-hydrogen) atoms. The Balaban J connectivity index is 1.86. The minimum Gasteiger partial charge on any atom is -0.469 e. The second-order valence-corrected chi connectivity index (χ2v) is 8.74. The number of carbonyl (C=O) groups excluding carboxylic acids is 2. The van der Waals surface area contributed by atoms with E-state index in [2.05, 4.69) is 11.0 Å². The predicted octanol–water partition coefficient (Wildman–Crippen LogP) is 3.49. The van der Waals surface area contributed by atoms with Crippen LogP contribution in [0.2, 0.25) is 0 Å². The quantitative estimate of drug-likeness (QED) is 0.505. The number of hydrogen-bond donors (Lipinski definition) is 0. The summed E-state index contributed by atoms with van der Waals surface area (Å²) in [6, 6.07) is 19.2. The third kappa shape index (κ3) is 4.62. The molecule has 0 radical (unpaired) electrons. The maximum atomic E-state index is 13.7.